The number of nitrogens with zero attached hydrogens (tertiary/aromatic N) is 3. The Morgan fingerprint density at radius 2 is 1.32 bits per heavy atom. The van der Waals surface area contributed by atoms with E-state index in [1.807, 2.05) is 48.5 Å². The van der Waals surface area contributed by atoms with Crippen molar-refractivity contribution in [2.75, 3.05) is 0 Å². The standard InChI is InChI=1S/C23H15N3O5/c27-22-20-18-13-5-1-2-6-14(13)19(16-8-4-3-7-15(16)18)21(20)23(28)25(22)24-11-12-9-10-17(31-12)26(29)30/h1-11,18-21H/b24-11-/t18?,19?,20-,21+. The fourth-order valence-corrected chi connectivity index (χ4v) is 5.40. The molecule has 1 saturated heterocycles. The van der Waals surface area contributed by atoms with E-state index in [0.717, 1.165) is 27.3 Å². The molecule has 1 fully saturated rings. The Hall–Kier alpha value is -4.07. The monoisotopic (exact) mass is 413 g/mol. The fourth-order valence-electron chi connectivity index (χ4n) is 5.40. The zero-order chi connectivity index (χ0) is 21.3. The van der Waals surface area contributed by atoms with E-state index in [1.165, 1.54) is 18.3 Å². The van der Waals surface area contributed by atoms with Gasteiger partial charge in [-0.15, -0.1) is 0 Å². The molecule has 2 bridgehead atoms. The lowest BCUT2D eigenvalue weighted by atomic mass is 9.55. The van der Waals surface area contributed by atoms with Crippen molar-refractivity contribution in [1.29, 1.82) is 0 Å². The Labute approximate surface area is 175 Å². The number of rotatable bonds is 3. The molecule has 0 spiro atoms. The molecule has 2 heterocycles. The van der Waals surface area contributed by atoms with E-state index < -0.39 is 22.6 Å². The highest BCUT2D eigenvalue weighted by atomic mass is 16.6. The molecule has 4 aliphatic rings. The van der Waals surface area contributed by atoms with Crippen LogP contribution in [0.3, 0.4) is 0 Å². The highest BCUT2D eigenvalue weighted by molar-refractivity contribution is 6.08. The van der Waals surface area contributed by atoms with Gasteiger partial charge in [0.1, 0.15) is 4.92 Å². The van der Waals surface area contributed by atoms with Crippen LogP contribution in [-0.4, -0.2) is 28.0 Å². The zero-order valence-corrected chi connectivity index (χ0v) is 16.0. The molecule has 2 amide bonds. The third-order valence-corrected chi connectivity index (χ3v) is 6.52. The maximum Gasteiger partial charge on any atom is 0.433 e. The molecule has 0 radical (unpaired) electrons. The van der Waals surface area contributed by atoms with E-state index in [0.29, 0.717) is 0 Å². The molecule has 3 aliphatic carbocycles. The number of carbonyl (C=O) groups excluding carboxylic acids is 2. The van der Waals surface area contributed by atoms with Gasteiger partial charge < -0.3 is 4.42 Å². The molecule has 7 rings (SSSR count). The van der Waals surface area contributed by atoms with Crippen molar-refractivity contribution < 1.29 is 18.9 Å². The third-order valence-electron chi connectivity index (χ3n) is 6.52. The average Bonchev–Trinajstić information content (AvgIpc) is 3.36. The van der Waals surface area contributed by atoms with E-state index >= 15 is 0 Å². The highest BCUT2D eigenvalue weighted by Crippen LogP contribution is 2.60. The molecule has 3 aromatic rings. The van der Waals surface area contributed by atoms with E-state index in [2.05, 4.69) is 5.10 Å². The largest absolute Gasteiger partial charge is 0.433 e. The van der Waals surface area contributed by atoms with Crippen LogP contribution in [0.15, 0.2) is 70.2 Å². The van der Waals surface area contributed by atoms with Crippen LogP contribution in [0.4, 0.5) is 5.88 Å². The van der Waals surface area contributed by atoms with Crippen molar-refractivity contribution in [3.63, 3.8) is 0 Å². The number of furan rings is 1. The summed E-state index contributed by atoms with van der Waals surface area (Å²) < 4.78 is 5.05. The first kappa shape index (κ1) is 17.8. The normalized spacial score (nSPS) is 25.6. The number of imide groups is 1. The van der Waals surface area contributed by atoms with Crippen LogP contribution in [0.1, 0.15) is 39.8 Å². The molecule has 2 atom stereocenters. The molecule has 31 heavy (non-hydrogen) atoms. The topological polar surface area (TPSA) is 106 Å². The van der Waals surface area contributed by atoms with Crippen molar-refractivity contribution in [3.05, 3.63) is 98.8 Å². The molecular formula is C23H15N3O5. The van der Waals surface area contributed by atoms with Crippen molar-refractivity contribution in [3.8, 4) is 0 Å². The third kappa shape index (κ3) is 2.32. The van der Waals surface area contributed by atoms with Gasteiger partial charge in [-0.2, -0.15) is 10.1 Å². The maximum atomic E-state index is 13.3. The molecule has 2 aromatic carbocycles. The fraction of sp³-hybridized carbons (Fsp3) is 0.174. The quantitative estimate of drug-likeness (QED) is 0.283. The van der Waals surface area contributed by atoms with Gasteiger partial charge in [0.25, 0.3) is 11.8 Å². The summed E-state index contributed by atoms with van der Waals surface area (Å²) in [5, 5.41) is 15.8. The van der Waals surface area contributed by atoms with Gasteiger partial charge in [-0.25, -0.2) is 0 Å². The molecule has 152 valence electrons. The van der Waals surface area contributed by atoms with Gasteiger partial charge in [-0.05, 0) is 28.3 Å². The summed E-state index contributed by atoms with van der Waals surface area (Å²) in [6, 6.07) is 18.5. The summed E-state index contributed by atoms with van der Waals surface area (Å²) in [5.74, 6) is -2.50. The van der Waals surface area contributed by atoms with Crippen molar-refractivity contribution in [2.45, 2.75) is 11.8 Å². The summed E-state index contributed by atoms with van der Waals surface area (Å²) in [5.41, 5.74) is 4.34. The molecular weight excluding hydrogens is 398 g/mol. The highest BCUT2D eigenvalue weighted by Gasteiger charge is 2.61. The number of benzene rings is 2. The van der Waals surface area contributed by atoms with Crippen LogP contribution in [0.2, 0.25) is 0 Å². The van der Waals surface area contributed by atoms with Crippen LogP contribution >= 0.6 is 0 Å². The predicted molar refractivity (Wildman–Crippen MR) is 108 cm³/mol. The first-order valence-electron chi connectivity index (χ1n) is 9.90. The Morgan fingerprint density at radius 1 is 0.839 bits per heavy atom. The minimum atomic E-state index is -0.663. The number of hydrogen-bond donors (Lipinski definition) is 0. The lowest BCUT2D eigenvalue weighted by Crippen LogP contribution is -2.41. The summed E-state index contributed by atoms with van der Waals surface area (Å²) in [4.78, 5) is 36.8. The Kier molecular flexibility index (Phi) is 3.56. The molecule has 1 aromatic heterocycles. The van der Waals surface area contributed by atoms with Gasteiger partial charge in [0.2, 0.25) is 0 Å². The van der Waals surface area contributed by atoms with Crippen molar-refractivity contribution in [2.24, 2.45) is 16.9 Å². The predicted octanol–water partition coefficient (Wildman–Crippen LogP) is 3.41. The number of amides is 2. The lowest BCUT2D eigenvalue weighted by molar-refractivity contribution is -0.402. The maximum absolute atomic E-state index is 13.3. The van der Waals surface area contributed by atoms with Gasteiger partial charge in [0.05, 0.1) is 24.1 Å². The Morgan fingerprint density at radius 3 is 1.74 bits per heavy atom. The molecule has 8 heteroatoms. The first-order chi connectivity index (χ1) is 15.1. The number of hydrogen-bond acceptors (Lipinski definition) is 6. The van der Waals surface area contributed by atoms with Gasteiger partial charge in [-0.1, -0.05) is 48.5 Å². The smallest absolute Gasteiger partial charge is 0.400 e. The van der Waals surface area contributed by atoms with Gasteiger partial charge >= 0.3 is 5.88 Å². The van der Waals surface area contributed by atoms with E-state index in [4.69, 9.17) is 4.42 Å². The number of hydrazone groups is 1. The second-order valence-electron chi connectivity index (χ2n) is 7.93. The molecule has 8 nitrogen and oxygen atoms in total. The van der Waals surface area contributed by atoms with E-state index in [9.17, 15) is 19.7 Å². The second-order valence-corrected chi connectivity index (χ2v) is 7.93. The zero-order valence-electron chi connectivity index (χ0n) is 16.0. The molecule has 0 N–H and O–H groups in total. The van der Waals surface area contributed by atoms with Crippen LogP contribution in [0, 0.1) is 22.0 Å². The van der Waals surface area contributed by atoms with Gasteiger partial charge in [0, 0.05) is 11.8 Å². The lowest BCUT2D eigenvalue weighted by Gasteiger charge is -2.45. The average molecular weight is 413 g/mol. The van der Waals surface area contributed by atoms with Crippen LogP contribution < -0.4 is 0 Å². The Balaban J connectivity index is 1.42. The van der Waals surface area contributed by atoms with Gasteiger partial charge in [0.15, 0.2) is 5.76 Å². The van der Waals surface area contributed by atoms with E-state index in [1.54, 1.807) is 0 Å². The number of carbonyl (C=O) groups is 2. The summed E-state index contributed by atoms with van der Waals surface area (Å²) in [7, 11) is 0. The van der Waals surface area contributed by atoms with Crippen LogP contribution in [0.5, 0.6) is 0 Å². The first-order valence-corrected chi connectivity index (χ1v) is 9.90. The van der Waals surface area contributed by atoms with Crippen LogP contribution in [-0.2, 0) is 9.59 Å². The molecule has 0 saturated carbocycles. The molecule has 0 unspecified atom stereocenters. The minimum Gasteiger partial charge on any atom is -0.400 e. The Bertz CT molecular complexity index is 1190. The summed E-state index contributed by atoms with van der Waals surface area (Å²) in [6.45, 7) is 0. The summed E-state index contributed by atoms with van der Waals surface area (Å²) in [6.07, 6.45) is 1.17. The van der Waals surface area contributed by atoms with E-state index in [-0.39, 0.29) is 29.4 Å². The molecule has 1 aliphatic heterocycles. The van der Waals surface area contributed by atoms with Gasteiger partial charge in [-0.3, -0.25) is 19.7 Å². The number of nitro groups is 1. The van der Waals surface area contributed by atoms with Crippen molar-refractivity contribution >= 4 is 23.9 Å². The van der Waals surface area contributed by atoms with Crippen LogP contribution in [0.25, 0.3) is 0 Å². The summed E-state index contributed by atoms with van der Waals surface area (Å²) >= 11 is 0. The van der Waals surface area contributed by atoms with Crippen molar-refractivity contribution in [1.82, 2.24) is 5.01 Å². The SMILES string of the molecule is O=C1[C@@H]2C3c4ccccc4C(c4ccccc43)[C@@H]2C(=O)N1/N=C\c1ccc([N+](=O)[O-])o1. The minimum absolute atomic E-state index is 0.0942. The second kappa shape index (κ2) is 6.21.